The lowest BCUT2D eigenvalue weighted by Gasteiger charge is -2.06. The molecule has 1 aliphatic rings. The minimum atomic E-state index is 0.624. The minimum absolute atomic E-state index is 0.624. The van der Waals surface area contributed by atoms with Crippen molar-refractivity contribution in [1.29, 1.82) is 0 Å². The van der Waals surface area contributed by atoms with Crippen molar-refractivity contribution in [3.8, 4) is 0 Å². The Labute approximate surface area is 83.9 Å². The second-order valence-corrected chi connectivity index (χ2v) is 4.22. The molecule has 0 bridgehead atoms. The predicted octanol–water partition coefficient (Wildman–Crippen LogP) is 2.71. The summed E-state index contributed by atoms with van der Waals surface area (Å²) in [5, 5.41) is 0.904. The van der Waals surface area contributed by atoms with E-state index in [1.165, 1.54) is 17.5 Å². The van der Waals surface area contributed by atoms with Crippen LogP contribution in [0.15, 0.2) is 18.2 Å². The van der Waals surface area contributed by atoms with Gasteiger partial charge in [-0.15, -0.1) is 0 Å². The minimum Gasteiger partial charge on any atom is -0.330 e. The van der Waals surface area contributed by atoms with Crippen molar-refractivity contribution >= 4 is 11.6 Å². The second-order valence-electron chi connectivity index (χ2n) is 3.81. The number of halogens is 1. The lowest BCUT2D eigenvalue weighted by molar-refractivity contribution is 0.807. The molecule has 2 N–H and O–H groups in total. The molecular formula is C11H14ClN. The van der Waals surface area contributed by atoms with Crippen LogP contribution in [0.3, 0.4) is 0 Å². The Balaban J connectivity index is 2.30. The van der Waals surface area contributed by atoms with Gasteiger partial charge in [0.15, 0.2) is 0 Å². The molecule has 0 saturated heterocycles. The van der Waals surface area contributed by atoms with Crippen molar-refractivity contribution in [3.63, 3.8) is 0 Å². The smallest absolute Gasteiger partial charge is 0.0443 e. The number of hydrogen-bond donors (Lipinski definition) is 1. The quantitative estimate of drug-likeness (QED) is 0.772. The van der Waals surface area contributed by atoms with E-state index < -0.39 is 0 Å². The zero-order valence-electron chi connectivity index (χ0n) is 7.76. The molecule has 0 aliphatic heterocycles. The van der Waals surface area contributed by atoms with Crippen LogP contribution < -0.4 is 5.73 Å². The van der Waals surface area contributed by atoms with Gasteiger partial charge in [-0.25, -0.2) is 0 Å². The summed E-state index contributed by atoms with van der Waals surface area (Å²) in [5.41, 5.74) is 8.24. The maximum Gasteiger partial charge on any atom is 0.0443 e. The summed E-state index contributed by atoms with van der Waals surface area (Å²) in [5.74, 6) is 1.29. The van der Waals surface area contributed by atoms with Crippen molar-refractivity contribution in [2.75, 3.05) is 6.54 Å². The Morgan fingerprint density at radius 3 is 2.85 bits per heavy atom. The number of aryl methyl sites for hydroxylation is 1. The number of hydrogen-bond acceptors (Lipinski definition) is 1. The van der Waals surface area contributed by atoms with Crippen LogP contribution in [0.5, 0.6) is 0 Å². The molecule has 1 aromatic rings. The van der Waals surface area contributed by atoms with Crippen molar-refractivity contribution < 1.29 is 0 Å². The zero-order valence-corrected chi connectivity index (χ0v) is 8.51. The average molecular weight is 196 g/mol. The maximum atomic E-state index is 6.15. The van der Waals surface area contributed by atoms with E-state index in [0.717, 1.165) is 11.6 Å². The summed E-state index contributed by atoms with van der Waals surface area (Å²) in [6.07, 6.45) is 1.21. The molecule has 1 aliphatic carbocycles. The third-order valence-corrected chi connectivity index (χ3v) is 3.20. The van der Waals surface area contributed by atoms with Gasteiger partial charge in [-0.1, -0.05) is 23.7 Å². The van der Waals surface area contributed by atoms with E-state index in [9.17, 15) is 0 Å². The largest absolute Gasteiger partial charge is 0.330 e. The molecule has 0 heterocycles. The molecule has 2 unspecified atom stereocenters. The summed E-state index contributed by atoms with van der Waals surface area (Å²) in [7, 11) is 0. The zero-order chi connectivity index (χ0) is 9.42. The highest BCUT2D eigenvalue weighted by atomic mass is 35.5. The molecule has 0 radical (unpaired) electrons. The second kappa shape index (κ2) is 3.32. The molecule has 2 rings (SSSR count). The number of nitrogens with two attached hydrogens (primary N) is 1. The lowest BCUT2D eigenvalue weighted by Crippen LogP contribution is -2.02. The third kappa shape index (κ3) is 1.59. The number of rotatable bonds is 2. The van der Waals surface area contributed by atoms with Gasteiger partial charge < -0.3 is 5.73 Å². The van der Waals surface area contributed by atoms with E-state index in [1.54, 1.807) is 0 Å². The first-order valence-electron chi connectivity index (χ1n) is 4.69. The molecule has 1 fully saturated rings. The van der Waals surface area contributed by atoms with E-state index in [2.05, 4.69) is 13.0 Å². The topological polar surface area (TPSA) is 26.0 Å². The molecule has 0 spiro atoms. The molecule has 2 atom stereocenters. The van der Waals surface area contributed by atoms with Crippen LogP contribution in [-0.2, 0) is 0 Å². The summed E-state index contributed by atoms with van der Waals surface area (Å²) in [6.45, 7) is 2.91. The molecule has 70 valence electrons. The SMILES string of the molecule is Cc1cccc(Cl)c1C1CC1CN. The van der Waals surface area contributed by atoms with Gasteiger partial charge in [0.2, 0.25) is 0 Å². The molecular weight excluding hydrogens is 182 g/mol. The molecule has 2 heteroatoms. The van der Waals surface area contributed by atoms with Gasteiger partial charge in [0.05, 0.1) is 0 Å². The van der Waals surface area contributed by atoms with Crippen LogP contribution in [0.4, 0.5) is 0 Å². The fraction of sp³-hybridized carbons (Fsp3) is 0.455. The van der Waals surface area contributed by atoms with Crippen LogP contribution in [0, 0.1) is 12.8 Å². The monoisotopic (exact) mass is 195 g/mol. The van der Waals surface area contributed by atoms with Crippen molar-refractivity contribution in [1.82, 2.24) is 0 Å². The van der Waals surface area contributed by atoms with Gasteiger partial charge in [0, 0.05) is 5.02 Å². The molecule has 13 heavy (non-hydrogen) atoms. The highest BCUT2D eigenvalue weighted by Crippen LogP contribution is 2.49. The molecule has 1 nitrogen and oxygen atoms in total. The standard InChI is InChI=1S/C11H14ClN/c1-7-3-2-4-10(12)11(7)9-5-8(9)6-13/h2-4,8-9H,5-6,13H2,1H3. The van der Waals surface area contributed by atoms with Crippen LogP contribution >= 0.6 is 11.6 Å². The van der Waals surface area contributed by atoms with Gasteiger partial charge >= 0.3 is 0 Å². The van der Waals surface area contributed by atoms with Crippen LogP contribution in [0.1, 0.15) is 23.5 Å². The highest BCUT2D eigenvalue weighted by molar-refractivity contribution is 6.31. The summed E-state index contributed by atoms with van der Waals surface area (Å²) in [6, 6.07) is 6.09. The van der Waals surface area contributed by atoms with Gasteiger partial charge in [-0.2, -0.15) is 0 Å². The molecule has 0 aromatic heterocycles. The van der Waals surface area contributed by atoms with E-state index in [4.69, 9.17) is 17.3 Å². The summed E-state index contributed by atoms with van der Waals surface area (Å²) >= 11 is 6.15. The molecule has 1 saturated carbocycles. The Kier molecular flexibility index (Phi) is 2.31. The maximum absolute atomic E-state index is 6.15. The van der Waals surface area contributed by atoms with Gasteiger partial charge in [-0.05, 0) is 48.9 Å². The van der Waals surface area contributed by atoms with Gasteiger partial charge in [-0.3, -0.25) is 0 Å². The fourth-order valence-electron chi connectivity index (χ4n) is 1.98. The van der Waals surface area contributed by atoms with E-state index in [1.807, 2.05) is 12.1 Å². The van der Waals surface area contributed by atoms with Crippen LogP contribution in [0.25, 0.3) is 0 Å². The number of benzene rings is 1. The third-order valence-electron chi connectivity index (χ3n) is 2.87. The molecule has 1 aromatic carbocycles. The van der Waals surface area contributed by atoms with E-state index in [0.29, 0.717) is 11.8 Å². The first-order valence-corrected chi connectivity index (χ1v) is 5.07. The summed E-state index contributed by atoms with van der Waals surface area (Å²) < 4.78 is 0. The summed E-state index contributed by atoms with van der Waals surface area (Å²) in [4.78, 5) is 0. The Morgan fingerprint density at radius 2 is 2.31 bits per heavy atom. The van der Waals surface area contributed by atoms with Crippen molar-refractivity contribution in [2.45, 2.75) is 19.3 Å². The Morgan fingerprint density at radius 1 is 1.54 bits per heavy atom. The fourth-order valence-corrected chi connectivity index (χ4v) is 2.34. The van der Waals surface area contributed by atoms with Crippen molar-refractivity contribution in [2.24, 2.45) is 11.7 Å². The van der Waals surface area contributed by atoms with E-state index >= 15 is 0 Å². The Hall–Kier alpha value is -0.530. The van der Waals surface area contributed by atoms with Crippen LogP contribution in [-0.4, -0.2) is 6.54 Å². The lowest BCUT2D eigenvalue weighted by atomic mass is 10.0. The normalized spacial score (nSPS) is 26.1. The van der Waals surface area contributed by atoms with Gasteiger partial charge in [0.25, 0.3) is 0 Å². The first kappa shape index (κ1) is 9.04. The van der Waals surface area contributed by atoms with Crippen LogP contribution in [0.2, 0.25) is 5.02 Å². The average Bonchev–Trinajstić information content (AvgIpc) is 2.83. The molecule has 0 amide bonds. The highest BCUT2D eigenvalue weighted by Gasteiger charge is 2.38. The first-order chi connectivity index (χ1) is 6.24. The van der Waals surface area contributed by atoms with Gasteiger partial charge in [0.1, 0.15) is 0 Å². The predicted molar refractivity (Wildman–Crippen MR) is 56.1 cm³/mol. The Bertz CT molecular complexity index is 302. The van der Waals surface area contributed by atoms with Crippen molar-refractivity contribution in [3.05, 3.63) is 34.3 Å². The van der Waals surface area contributed by atoms with E-state index in [-0.39, 0.29) is 0 Å².